The van der Waals surface area contributed by atoms with Crippen LogP contribution in [0.1, 0.15) is 48.5 Å². The summed E-state index contributed by atoms with van der Waals surface area (Å²) in [6.45, 7) is 19.0. The van der Waals surface area contributed by atoms with E-state index >= 15 is 0 Å². The van der Waals surface area contributed by atoms with Crippen LogP contribution >= 0.6 is 0 Å². The zero-order valence-electron chi connectivity index (χ0n) is 18.1. The molecule has 0 aliphatic carbocycles. The zero-order valence-corrected chi connectivity index (χ0v) is 18.1. The Bertz CT molecular complexity index is 664. The van der Waals surface area contributed by atoms with Crippen LogP contribution in [0.25, 0.3) is 0 Å². The molecule has 7 heteroatoms. The lowest BCUT2D eigenvalue weighted by Crippen LogP contribution is -2.53. The van der Waals surface area contributed by atoms with Gasteiger partial charge in [0.15, 0.2) is 0 Å². The van der Waals surface area contributed by atoms with Crippen molar-refractivity contribution in [1.82, 2.24) is 9.88 Å². The predicted octanol–water partition coefficient (Wildman–Crippen LogP) is 2.31. The van der Waals surface area contributed by atoms with E-state index in [0.717, 1.165) is 37.3 Å². The number of pyridine rings is 1. The maximum Gasteiger partial charge on any atom is 0.496 e. The van der Waals surface area contributed by atoms with E-state index < -0.39 is 7.12 Å². The van der Waals surface area contributed by atoms with Crippen LogP contribution in [-0.2, 0) is 9.31 Å². The second-order valence-electron chi connectivity index (χ2n) is 9.53. The van der Waals surface area contributed by atoms with Crippen molar-refractivity contribution in [3.05, 3.63) is 12.3 Å². The normalized spacial score (nSPS) is 23.0. The van der Waals surface area contributed by atoms with E-state index in [1.54, 1.807) is 13.3 Å². The third kappa shape index (κ3) is 3.96. The highest BCUT2D eigenvalue weighted by atomic mass is 16.7. The highest BCUT2D eigenvalue weighted by molar-refractivity contribution is 6.62. The maximum atomic E-state index is 6.20. The molecule has 0 radical (unpaired) electrons. The molecule has 0 bridgehead atoms. The van der Waals surface area contributed by atoms with Crippen LogP contribution in [0.15, 0.2) is 12.3 Å². The average molecular weight is 375 g/mol. The number of hydrogen-bond acceptors (Lipinski definition) is 6. The van der Waals surface area contributed by atoms with Crippen molar-refractivity contribution < 1.29 is 14.0 Å². The molecular weight excluding hydrogens is 341 g/mol. The Kier molecular flexibility index (Phi) is 5.25. The lowest BCUT2D eigenvalue weighted by atomic mass is 9.80. The van der Waals surface area contributed by atoms with E-state index in [9.17, 15) is 0 Å². The van der Waals surface area contributed by atoms with Gasteiger partial charge in [-0.15, -0.1) is 0 Å². The van der Waals surface area contributed by atoms with Crippen molar-refractivity contribution in [2.75, 3.05) is 38.2 Å². The number of ether oxygens (including phenoxy) is 1. The van der Waals surface area contributed by atoms with Crippen LogP contribution < -0.4 is 15.1 Å². The quantitative estimate of drug-likeness (QED) is 0.756. The molecule has 0 spiro atoms. The van der Waals surface area contributed by atoms with Crippen molar-refractivity contribution in [1.29, 1.82) is 0 Å². The Morgan fingerprint density at radius 1 is 1.04 bits per heavy atom. The van der Waals surface area contributed by atoms with Crippen LogP contribution in [0, 0.1) is 0 Å². The molecule has 2 saturated heterocycles. The largest absolute Gasteiger partial charge is 0.496 e. The molecule has 0 saturated carbocycles. The van der Waals surface area contributed by atoms with Crippen molar-refractivity contribution in [2.45, 2.75) is 65.2 Å². The summed E-state index contributed by atoms with van der Waals surface area (Å²) in [5, 5.41) is 0. The van der Waals surface area contributed by atoms with Crippen LogP contribution in [0.3, 0.4) is 0 Å². The van der Waals surface area contributed by atoms with Gasteiger partial charge in [0.05, 0.1) is 24.0 Å². The summed E-state index contributed by atoms with van der Waals surface area (Å²) >= 11 is 0. The minimum atomic E-state index is -0.414. The second kappa shape index (κ2) is 6.94. The molecule has 0 aromatic carbocycles. The minimum absolute atomic E-state index is 0.193. The molecule has 0 atom stereocenters. The van der Waals surface area contributed by atoms with E-state index in [1.165, 1.54) is 0 Å². The van der Waals surface area contributed by atoms with Gasteiger partial charge in [-0.05, 0) is 54.5 Å². The van der Waals surface area contributed by atoms with Gasteiger partial charge >= 0.3 is 7.12 Å². The Morgan fingerprint density at radius 2 is 1.59 bits per heavy atom. The molecule has 0 unspecified atom stereocenters. The Balaban J connectivity index is 1.82. The first-order valence-electron chi connectivity index (χ1n) is 9.84. The summed E-state index contributed by atoms with van der Waals surface area (Å²) in [6, 6.07) is 2.11. The summed E-state index contributed by atoms with van der Waals surface area (Å²) in [5.41, 5.74) is 1.41. The summed E-state index contributed by atoms with van der Waals surface area (Å²) < 4.78 is 17.9. The van der Waals surface area contributed by atoms with Crippen LogP contribution in [0.5, 0.6) is 5.88 Å². The Labute approximate surface area is 164 Å². The van der Waals surface area contributed by atoms with Crippen molar-refractivity contribution in [3.63, 3.8) is 0 Å². The molecule has 0 amide bonds. The molecule has 3 rings (SSSR count). The van der Waals surface area contributed by atoms with Gasteiger partial charge in [-0.3, -0.25) is 4.90 Å². The molecule has 2 aliphatic rings. The van der Waals surface area contributed by atoms with Gasteiger partial charge in [0, 0.05) is 43.4 Å². The molecule has 2 fully saturated rings. The molecule has 3 heterocycles. The fourth-order valence-corrected chi connectivity index (χ4v) is 3.57. The molecule has 1 aromatic rings. The third-order valence-electron chi connectivity index (χ3n) is 6.14. The minimum Gasteiger partial charge on any atom is -0.480 e. The Hall–Kier alpha value is -1.31. The van der Waals surface area contributed by atoms with Gasteiger partial charge in [0.1, 0.15) is 0 Å². The summed E-state index contributed by atoms with van der Waals surface area (Å²) in [4.78, 5) is 9.41. The van der Waals surface area contributed by atoms with E-state index in [1.807, 2.05) is 0 Å². The predicted molar refractivity (Wildman–Crippen MR) is 110 cm³/mol. The lowest BCUT2D eigenvalue weighted by molar-refractivity contribution is 0.00578. The van der Waals surface area contributed by atoms with Gasteiger partial charge in [0.2, 0.25) is 5.88 Å². The molecular formula is C20H34BN3O3. The first-order valence-corrected chi connectivity index (χ1v) is 9.84. The van der Waals surface area contributed by atoms with E-state index in [-0.39, 0.29) is 16.7 Å². The van der Waals surface area contributed by atoms with Gasteiger partial charge in [-0.2, -0.15) is 0 Å². The third-order valence-corrected chi connectivity index (χ3v) is 6.14. The molecule has 6 nitrogen and oxygen atoms in total. The molecule has 150 valence electrons. The average Bonchev–Trinajstić information content (AvgIpc) is 2.81. The maximum absolute atomic E-state index is 6.20. The van der Waals surface area contributed by atoms with Crippen LogP contribution in [0.4, 0.5) is 5.69 Å². The van der Waals surface area contributed by atoms with Crippen LogP contribution in [0.2, 0.25) is 0 Å². The number of hydrogen-bond donors (Lipinski definition) is 0. The number of anilines is 1. The summed E-state index contributed by atoms with van der Waals surface area (Å²) in [5.74, 6) is 0.652. The molecule has 0 N–H and O–H groups in total. The van der Waals surface area contributed by atoms with Crippen molar-refractivity contribution >= 4 is 18.3 Å². The summed E-state index contributed by atoms with van der Waals surface area (Å²) in [6.07, 6.45) is 1.80. The Morgan fingerprint density at radius 3 is 2.07 bits per heavy atom. The van der Waals surface area contributed by atoms with E-state index in [2.05, 4.69) is 69.3 Å². The van der Waals surface area contributed by atoms with Gasteiger partial charge < -0.3 is 18.9 Å². The molecule has 27 heavy (non-hydrogen) atoms. The number of nitrogens with zero attached hydrogens (tertiary/aromatic N) is 3. The van der Waals surface area contributed by atoms with Gasteiger partial charge in [-0.25, -0.2) is 4.98 Å². The van der Waals surface area contributed by atoms with Crippen molar-refractivity contribution in [3.8, 4) is 5.88 Å². The number of aromatic nitrogens is 1. The lowest BCUT2D eigenvalue weighted by Gasteiger charge is -2.43. The number of methoxy groups -OCH3 is 1. The fourth-order valence-electron chi connectivity index (χ4n) is 3.57. The smallest absolute Gasteiger partial charge is 0.480 e. The first kappa shape index (κ1) is 20.4. The van der Waals surface area contributed by atoms with Gasteiger partial charge in [-0.1, -0.05) is 0 Å². The molecule has 2 aliphatic heterocycles. The van der Waals surface area contributed by atoms with Gasteiger partial charge in [0.25, 0.3) is 0 Å². The summed E-state index contributed by atoms with van der Waals surface area (Å²) in [7, 11) is 1.26. The van der Waals surface area contributed by atoms with Crippen molar-refractivity contribution in [2.24, 2.45) is 0 Å². The number of piperazine rings is 1. The topological polar surface area (TPSA) is 47.1 Å². The highest BCUT2D eigenvalue weighted by Gasteiger charge is 2.52. The number of rotatable bonds is 3. The SMILES string of the molecule is COc1ncc(B2OC(C)(C)C(C)(C)O2)cc1N1CCN(C(C)(C)C)CC1. The van der Waals surface area contributed by atoms with E-state index in [4.69, 9.17) is 14.0 Å². The standard InChI is InChI=1S/C20H34BN3O3/c1-18(2,3)24-11-9-23(10-12-24)16-13-15(14-22-17(16)25-8)21-26-19(4,5)20(6,7)27-21/h13-14H,9-12H2,1-8H3. The molecule has 1 aromatic heterocycles. The fraction of sp³-hybridized carbons (Fsp3) is 0.750. The second-order valence-corrected chi connectivity index (χ2v) is 9.53. The van der Waals surface area contributed by atoms with Crippen LogP contribution in [-0.4, -0.2) is 67.0 Å². The highest BCUT2D eigenvalue weighted by Crippen LogP contribution is 2.37. The van der Waals surface area contributed by atoms with E-state index in [0.29, 0.717) is 5.88 Å². The monoisotopic (exact) mass is 375 g/mol. The first-order chi connectivity index (χ1) is 12.4. The zero-order chi connectivity index (χ0) is 20.0.